The summed E-state index contributed by atoms with van der Waals surface area (Å²) in [5.74, 6) is 1.03. The van der Waals surface area contributed by atoms with Gasteiger partial charge in [-0.05, 0) is 44.0 Å². The van der Waals surface area contributed by atoms with Gasteiger partial charge in [-0.1, -0.05) is 37.8 Å². The van der Waals surface area contributed by atoms with Crippen LogP contribution in [0.4, 0.5) is 0 Å². The van der Waals surface area contributed by atoms with Crippen molar-refractivity contribution in [2.75, 3.05) is 20.7 Å². The minimum Gasteiger partial charge on any atom is -0.496 e. The van der Waals surface area contributed by atoms with Crippen molar-refractivity contribution in [2.24, 2.45) is 0 Å². The second-order valence-electron chi connectivity index (χ2n) is 5.91. The Balaban J connectivity index is 2.36. The first-order valence-electron chi connectivity index (χ1n) is 7.51. The first kappa shape index (κ1) is 14.4. The van der Waals surface area contributed by atoms with Gasteiger partial charge in [-0.2, -0.15) is 0 Å². The van der Waals surface area contributed by atoms with Crippen LogP contribution < -0.4 is 10.1 Å². The molecule has 106 valence electrons. The molecule has 0 aromatic heterocycles. The molecule has 0 radical (unpaired) electrons. The van der Waals surface area contributed by atoms with E-state index in [1.54, 1.807) is 7.11 Å². The molecule has 1 aliphatic carbocycles. The standard InChI is InChI=1S/C17H27NO/c1-14-8-9-15(12-16(14)19-3)17(13-18-2)10-6-4-5-7-11-17/h8-9,12,18H,4-7,10-11,13H2,1-3H3. The summed E-state index contributed by atoms with van der Waals surface area (Å²) in [7, 11) is 3.84. The third-order valence-corrected chi connectivity index (χ3v) is 4.60. The summed E-state index contributed by atoms with van der Waals surface area (Å²) in [6.45, 7) is 3.18. The molecular formula is C17H27NO. The third-order valence-electron chi connectivity index (χ3n) is 4.60. The molecule has 1 N–H and O–H groups in total. The van der Waals surface area contributed by atoms with Gasteiger partial charge < -0.3 is 10.1 Å². The summed E-state index contributed by atoms with van der Waals surface area (Å²) in [6.07, 6.45) is 8.04. The highest BCUT2D eigenvalue weighted by molar-refractivity contribution is 5.40. The van der Waals surface area contributed by atoms with Crippen molar-refractivity contribution in [2.45, 2.75) is 50.9 Å². The minimum atomic E-state index is 0.298. The first-order valence-corrected chi connectivity index (χ1v) is 7.51. The van der Waals surface area contributed by atoms with E-state index in [9.17, 15) is 0 Å². The fraction of sp³-hybridized carbons (Fsp3) is 0.647. The van der Waals surface area contributed by atoms with Crippen molar-refractivity contribution in [3.63, 3.8) is 0 Å². The second kappa shape index (κ2) is 6.42. The van der Waals surface area contributed by atoms with E-state index >= 15 is 0 Å². The van der Waals surface area contributed by atoms with E-state index in [1.165, 1.54) is 49.7 Å². The fourth-order valence-corrected chi connectivity index (χ4v) is 3.46. The SMILES string of the molecule is CNCC1(c2ccc(C)c(OC)c2)CCCCCC1. The van der Waals surface area contributed by atoms with E-state index in [0.717, 1.165) is 12.3 Å². The lowest BCUT2D eigenvalue weighted by Crippen LogP contribution is -2.36. The van der Waals surface area contributed by atoms with Gasteiger partial charge in [0, 0.05) is 12.0 Å². The second-order valence-corrected chi connectivity index (χ2v) is 5.91. The Morgan fingerprint density at radius 2 is 1.84 bits per heavy atom. The maximum atomic E-state index is 5.51. The molecule has 1 aliphatic rings. The number of hydrogen-bond donors (Lipinski definition) is 1. The molecular weight excluding hydrogens is 234 g/mol. The number of aryl methyl sites for hydroxylation is 1. The minimum absolute atomic E-state index is 0.298. The quantitative estimate of drug-likeness (QED) is 0.832. The first-order chi connectivity index (χ1) is 9.22. The van der Waals surface area contributed by atoms with Crippen LogP contribution in [0.1, 0.15) is 49.7 Å². The maximum absolute atomic E-state index is 5.51. The van der Waals surface area contributed by atoms with Crippen LogP contribution in [0.3, 0.4) is 0 Å². The van der Waals surface area contributed by atoms with Crippen molar-refractivity contribution in [3.8, 4) is 5.75 Å². The number of benzene rings is 1. The largest absolute Gasteiger partial charge is 0.496 e. The predicted octanol–water partition coefficient (Wildman–Crippen LogP) is 3.82. The van der Waals surface area contributed by atoms with E-state index in [-0.39, 0.29) is 0 Å². The zero-order valence-electron chi connectivity index (χ0n) is 12.6. The molecule has 1 fully saturated rings. The third kappa shape index (κ3) is 3.11. The summed E-state index contributed by atoms with van der Waals surface area (Å²) in [5, 5.41) is 3.42. The Morgan fingerprint density at radius 3 is 2.42 bits per heavy atom. The van der Waals surface area contributed by atoms with Crippen LogP contribution in [0.15, 0.2) is 18.2 Å². The van der Waals surface area contributed by atoms with E-state index in [0.29, 0.717) is 5.41 Å². The molecule has 0 saturated heterocycles. The smallest absolute Gasteiger partial charge is 0.122 e. The molecule has 0 atom stereocenters. The van der Waals surface area contributed by atoms with Gasteiger partial charge in [-0.3, -0.25) is 0 Å². The number of hydrogen-bond acceptors (Lipinski definition) is 2. The molecule has 1 aromatic rings. The van der Waals surface area contributed by atoms with Gasteiger partial charge in [0.05, 0.1) is 7.11 Å². The monoisotopic (exact) mass is 261 g/mol. The summed E-state index contributed by atoms with van der Waals surface area (Å²) < 4.78 is 5.51. The molecule has 2 nitrogen and oxygen atoms in total. The number of ether oxygens (including phenoxy) is 1. The summed E-state index contributed by atoms with van der Waals surface area (Å²) in [4.78, 5) is 0. The van der Waals surface area contributed by atoms with Crippen LogP contribution >= 0.6 is 0 Å². The highest BCUT2D eigenvalue weighted by Crippen LogP contribution is 2.39. The van der Waals surface area contributed by atoms with Crippen LogP contribution in [0.25, 0.3) is 0 Å². The Kier molecular flexibility index (Phi) is 4.87. The molecule has 19 heavy (non-hydrogen) atoms. The molecule has 2 heteroatoms. The molecule has 1 saturated carbocycles. The van der Waals surface area contributed by atoms with Gasteiger partial charge >= 0.3 is 0 Å². The number of nitrogens with one attached hydrogen (secondary N) is 1. The summed E-state index contributed by atoms with van der Waals surface area (Å²) >= 11 is 0. The topological polar surface area (TPSA) is 21.3 Å². The molecule has 2 rings (SSSR count). The van der Waals surface area contributed by atoms with E-state index in [2.05, 4.69) is 37.5 Å². The molecule has 1 aromatic carbocycles. The number of likely N-dealkylation sites (N-methyl/N-ethyl adjacent to an activating group) is 1. The average Bonchev–Trinajstić information content (AvgIpc) is 2.66. The van der Waals surface area contributed by atoms with E-state index in [4.69, 9.17) is 4.74 Å². The lowest BCUT2D eigenvalue weighted by Gasteiger charge is -2.34. The van der Waals surface area contributed by atoms with Crippen LogP contribution in [0.2, 0.25) is 0 Å². The van der Waals surface area contributed by atoms with Gasteiger partial charge in [0.2, 0.25) is 0 Å². The van der Waals surface area contributed by atoms with Gasteiger partial charge in [0.15, 0.2) is 0 Å². The average molecular weight is 261 g/mol. The Labute approximate surface area is 117 Å². The maximum Gasteiger partial charge on any atom is 0.122 e. The Morgan fingerprint density at radius 1 is 1.16 bits per heavy atom. The highest BCUT2D eigenvalue weighted by atomic mass is 16.5. The lowest BCUT2D eigenvalue weighted by molar-refractivity contribution is 0.353. The highest BCUT2D eigenvalue weighted by Gasteiger charge is 2.32. The van der Waals surface area contributed by atoms with Crippen LogP contribution in [0, 0.1) is 6.92 Å². The molecule has 0 aliphatic heterocycles. The van der Waals surface area contributed by atoms with Crippen molar-refractivity contribution >= 4 is 0 Å². The molecule has 0 amide bonds. The number of rotatable bonds is 4. The number of methoxy groups -OCH3 is 1. The molecule has 0 spiro atoms. The van der Waals surface area contributed by atoms with Gasteiger partial charge in [-0.15, -0.1) is 0 Å². The Bertz CT molecular complexity index is 406. The van der Waals surface area contributed by atoms with Gasteiger partial charge in [-0.25, -0.2) is 0 Å². The predicted molar refractivity (Wildman–Crippen MR) is 81.0 cm³/mol. The summed E-state index contributed by atoms with van der Waals surface area (Å²) in [6, 6.07) is 6.77. The normalized spacial score (nSPS) is 18.9. The van der Waals surface area contributed by atoms with Gasteiger partial charge in [0.1, 0.15) is 5.75 Å². The zero-order valence-corrected chi connectivity index (χ0v) is 12.6. The lowest BCUT2D eigenvalue weighted by atomic mass is 9.74. The van der Waals surface area contributed by atoms with Gasteiger partial charge in [0.25, 0.3) is 0 Å². The van der Waals surface area contributed by atoms with Crippen LogP contribution in [-0.4, -0.2) is 20.7 Å². The van der Waals surface area contributed by atoms with Crippen molar-refractivity contribution in [3.05, 3.63) is 29.3 Å². The van der Waals surface area contributed by atoms with Crippen LogP contribution in [0.5, 0.6) is 5.75 Å². The molecule has 0 heterocycles. The zero-order chi connectivity index (χ0) is 13.7. The van der Waals surface area contributed by atoms with Crippen molar-refractivity contribution < 1.29 is 4.74 Å². The fourth-order valence-electron chi connectivity index (χ4n) is 3.46. The molecule has 0 unspecified atom stereocenters. The molecule has 0 bridgehead atoms. The van der Waals surface area contributed by atoms with Crippen molar-refractivity contribution in [1.29, 1.82) is 0 Å². The van der Waals surface area contributed by atoms with Crippen LogP contribution in [-0.2, 0) is 5.41 Å². The summed E-state index contributed by atoms with van der Waals surface area (Å²) in [5.41, 5.74) is 2.97. The Hall–Kier alpha value is -1.02. The van der Waals surface area contributed by atoms with E-state index < -0.39 is 0 Å². The van der Waals surface area contributed by atoms with E-state index in [1.807, 2.05) is 0 Å². The van der Waals surface area contributed by atoms with Crippen molar-refractivity contribution in [1.82, 2.24) is 5.32 Å².